The quantitative estimate of drug-likeness (QED) is 0.471. The van der Waals surface area contributed by atoms with Crippen LogP contribution in [0.2, 0.25) is 0 Å². The highest BCUT2D eigenvalue weighted by molar-refractivity contribution is 5.96. The number of hydrogen-bond donors (Lipinski definition) is 2. The van der Waals surface area contributed by atoms with Crippen LogP contribution in [0, 0.1) is 5.82 Å². The van der Waals surface area contributed by atoms with E-state index >= 15 is 0 Å². The Morgan fingerprint density at radius 3 is 2.19 bits per heavy atom. The Labute approximate surface area is 184 Å². The van der Waals surface area contributed by atoms with Gasteiger partial charge in [0.25, 0.3) is 5.91 Å². The average molecular weight is 428 g/mol. The average Bonchev–Trinajstić information content (AvgIpc) is 3.27. The second-order valence-corrected chi connectivity index (χ2v) is 7.12. The lowest BCUT2D eigenvalue weighted by atomic mass is 10.1. The minimum atomic E-state index is -0.443. The molecule has 2 N–H and O–H groups in total. The lowest BCUT2D eigenvalue weighted by Gasteiger charge is -2.07. The molecule has 0 saturated heterocycles. The predicted molar refractivity (Wildman–Crippen MR) is 120 cm³/mol. The van der Waals surface area contributed by atoms with Crippen LogP contribution in [-0.2, 0) is 11.3 Å². The molecule has 160 valence electrons. The lowest BCUT2D eigenvalue weighted by Crippen LogP contribution is -2.36. The Balaban J connectivity index is 1.44. The zero-order valence-electron chi connectivity index (χ0n) is 17.2. The fourth-order valence-corrected chi connectivity index (χ4v) is 3.21. The van der Waals surface area contributed by atoms with Crippen LogP contribution in [0.4, 0.5) is 4.39 Å². The zero-order valence-corrected chi connectivity index (χ0v) is 17.2. The summed E-state index contributed by atoms with van der Waals surface area (Å²) in [6, 6.07) is 24.6. The Morgan fingerprint density at radius 1 is 0.844 bits per heavy atom. The molecule has 7 heteroatoms. The van der Waals surface area contributed by atoms with Gasteiger partial charge in [-0.1, -0.05) is 48.5 Å². The number of halogens is 1. The summed E-state index contributed by atoms with van der Waals surface area (Å²) in [6.07, 6.45) is 1.88. The van der Waals surface area contributed by atoms with E-state index in [4.69, 9.17) is 5.10 Å². The molecule has 1 aromatic heterocycles. The van der Waals surface area contributed by atoms with E-state index in [1.807, 2.05) is 66.9 Å². The fraction of sp³-hybridized carbons (Fsp3) is 0.0800. The van der Waals surface area contributed by atoms with Gasteiger partial charge in [-0.25, -0.2) is 9.07 Å². The SMILES string of the molecule is O=C(CNC(=O)c1ccc(F)cc1)NCc1cn(-c2ccccc2)nc1-c1ccccc1. The van der Waals surface area contributed by atoms with Crippen molar-refractivity contribution in [1.29, 1.82) is 0 Å². The van der Waals surface area contributed by atoms with Gasteiger partial charge in [-0.15, -0.1) is 0 Å². The first-order valence-electron chi connectivity index (χ1n) is 10.1. The number of benzene rings is 3. The maximum absolute atomic E-state index is 13.0. The first kappa shape index (κ1) is 21.0. The summed E-state index contributed by atoms with van der Waals surface area (Å²) in [5.41, 5.74) is 3.75. The van der Waals surface area contributed by atoms with E-state index in [2.05, 4.69) is 10.6 Å². The highest BCUT2D eigenvalue weighted by Crippen LogP contribution is 2.23. The molecule has 0 atom stereocenters. The molecule has 0 aliphatic rings. The number of hydrogen-bond acceptors (Lipinski definition) is 3. The molecular formula is C25H21FN4O2. The summed E-state index contributed by atoms with van der Waals surface area (Å²) in [5.74, 6) is -1.21. The number of rotatable bonds is 7. The maximum atomic E-state index is 13.0. The fourth-order valence-electron chi connectivity index (χ4n) is 3.21. The van der Waals surface area contributed by atoms with Crippen molar-refractivity contribution >= 4 is 11.8 Å². The Hall–Kier alpha value is -4.26. The van der Waals surface area contributed by atoms with Gasteiger partial charge >= 0.3 is 0 Å². The standard InChI is InChI=1S/C25H21FN4O2/c26-21-13-11-19(12-14-21)25(32)28-16-23(31)27-15-20-17-30(22-9-5-2-6-10-22)29-24(20)18-7-3-1-4-8-18/h1-14,17H,15-16H2,(H,27,31)(H,28,32). The molecule has 0 bridgehead atoms. The summed E-state index contributed by atoms with van der Waals surface area (Å²) >= 11 is 0. The number of para-hydroxylation sites is 1. The van der Waals surface area contributed by atoms with Crippen LogP contribution < -0.4 is 10.6 Å². The molecule has 0 radical (unpaired) electrons. The van der Waals surface area contributed by atoms with Crippen molar-refractivity contribution in [2.45, 2.75) is 6.54 Å². The molecule has 0 fully saturated rings. The normalized spacial score (nSPS) is 10.5. The highest BCUT2D eigenvalue weighted by atomic mass is 19.1. The molecule has 4 aromatic rings. The molecule has 4 rings (SSSR count). The number of amides is 2. The number of nitrogens with zero attached hydrogens (tertiary/aromatic N) is 2. The van der Waals surface area contributed by atoms with Crippen molar-refractivity contribution in [2.24, 2.45) is 0 Å². The number of carbonyl (C=O) groups excluding carboxylic acids is 2. The van der Waals surface area contributed by atoms with E-state index in [0.717, 1.165) is 22.5 Å². The van der Waals surface area contributed by atoms with E-state index in [-0.39, 0.29) is 24.6 Å². The predicted octanol–water partition coefficient (Wildman–Crippen LogP) is 3.72. The van der Waals surface area contributed by atoms with E-state index in [1.54, 1.807) is 4.68 Å². The van der Waals surface area contributed by atoms with Gasteiger partial charge in [0.1, 0.15) is 5.82 Å². The van der Waals surface area contributed by atoms with Crippen LogP contribution in [0.3, 0.4) is 0 Å². The molecule has 0 saturated carbocycles. The van der Waals surface area contributed by atoms with Crippen molar-refractivity contribution < 1.29 is 14.0 Å². The largest absolute Gasteiger partial charge is 0.350 e. The van der Waals surface area contributed by atoms with Gasteiger partial charge in [-0.3, -0.25) is 9.59 Å². The number of nitrogens with one attached hydrogen (secondary N) is 2. The molecule has 2 amide bonds. The third-order valence-corrected chi connectivity index (χ3v) is 4.85. The molecule has 0 unspecified atom stereocenters. The molecule has 0 spiro atoms. The maximum Gasteiger partial charge on any atom is 0.251 e. The highest BCUT2D eigenvalue weighted by Gasteiger charge is 2.14. The van der Waals surface area contributed by atoms with Gasteiger partial charge in [0.15, 0.2) is 0 Å². The molecule has 3 aromatic carbocycles. The van der Waals surface area contributed by atoms with Crippen LogP contribution in [0.5, 0.6) is 0 Å². The lowest BCUT2D eigenvalue weighted by molar-refractivity contribution is -0.120. The van der Waals surface area contributed by atoms with Crippen LogP contribution >= 0.6 is 0 Å². The Kier molecular flexibility index (Phi) is 6.36. The topological polar surface area (TPSA) is 76.0 Å². The zero-order chi connectivity index (χ0) is 22.3. The second kappa shape index (κ2) is 9.70. The molecule has 0 aliphatic heterocycles. The summed E-state index contributed by atoms with van der Waals surface area (Å²) in [7, 11) is 0. The Morgan fingerprint density at radius 2 is 1.50 bits per heavy atom. The van der Waals surface area contributed by atoms with Crippen LogP contribution in [0.25, 0.3) is 16.9 Å². The van der Waals surface area contributed by atoms with Gasteiger partial charge < -0.3 is 10.6 Å². The van der Waals surface area contributed by atoms with E-state index in [1.165, 1.54) is 24.3 Å². The van der Waals surface area contributed by atoms with Crippen molar-refractivity contribution in [3.8, 4) is 16.9 Å². The van der Waals surface area contributed by atoms with Gasteiger partial charge in [0.2, 0.25) is 5.91 Å². The van der Waals surface area contributed by atoms with Gasteiger partial charge in [0.05, 0.1) is 17.9 Å². The van der Waals surface area contributed by atoms with Crippen molar-refractivity contribution in [3.05, 3.63) is 108 Å². The van der Waals surface area contributed by atoms with Crippen LogP contribution in [0.1, 0.15) is 15.9 Å². The van der Waals surface area contributed by atoms with Crippen molar-refractivity contribution in [2.75, 3.05) is 6.54 Å². The van der Waals surface area contributed by atoms with Crippen molar-refractivity contribution in [1.82, 2.24) is 20.4 Å². The third kappa shape index (κ3) is 5.07. The smallest absolute Gasteiger partial charge is 0.251 e. The molecule has 6 nitrogen and oxygen atoms in total. The minimum Gasteiger partial charge on any atom is -0.350 e. The number of carbonyl (C=O) groups is 2. The summed E-state index contributed by atoms with van der Waals surface area (Å²) in [5, 5.41) is 10.1. The molecule has 0 aliphatic carbocycles. The van der Waals surface area contributed by atoms with Gasteiger partial charge in [0, 0.05) is 29.4 Å². The minimum absolute atomic E-state index is 0.191. The third-order valence-electron chi connectivity index (χ3n) is 4.85. The van der Waals surface area contributed by atoms with E-state index in [0.29, 0.717) is 0 Å². The van der Waals surface area contributed by atoms with E-state index in [9.17, 15) is 14.0 Å². The summed E-state index contributed by atoms with van der Waals surface area (Å²) in [4.78, 5) is 24.4. The molecule has 32 heavy (non-hydrogen) atoms. The van der Waals surface area contributed by atoms with Crippen LogP contribution in [-0.4, -0.2) is 28.1 Å². The molecule has 1 heterocycles. The number of aromatic nitrogens is 2. The van der Waals surface area contributed by atoms with Gasteiger partial charge in [-0.05, 0) is 36.4 Å². The summed E-state index contributed by atoms with van der Waals surface area (Å²) in [6.45, 7) is 0.0615. The van der Waals surface area contributed by atoms with Crippen LogP contribution in [0.15, 0.2) is 91.1 Å². The summed E-state index contributed by atoms with van der Waals surface area (Å²) < 4.78 is 14.8. The monoisotopic (exact) mass is 428 g/mol. The Bertz CT molecular complexity index is 1210. The van der Waals surface area contributed by atoms with Crippen molar-refractivity contribution in [3.63, 3.8) is 0 Å². The first-order chi connectivity index (χ1) is 15.6. The van der Waals surface area contributed by atoms with Gasteiger partial charge in [-0.2, -0.15) is 5.10 Å². The van der Waals surface area contributed by atoms with E-state index < -0.39 is 11.7 Å². The first-order valence-corrected chi connectivity index (χ1v) is 10.1. The molecular weight excluding hydrogens is 407 g/mol. The second-order valence-electron chi connectivity index (χ2n) is 7.12.